The molecule has 0 aromatic carbocycles. The minimum atomic E-state index is -0.942. The van der Waals surface area contributed by atoms with Crippen molar-refractivity contribution < 1.29 is 19.4 Å². The number of carboxylic acids is 1. The zero-order valence-corrected chi connectivity index (χ0v) is 10.2. The highest BCUT2D eigenvalue weighted by atomic mass is 16.5. The van der Waals surface area contributed by atoms with Crippen molar-refractivity contribution in [2.45, 2.75) is 44.9 Å². The van der Waals surface area contributed by atoms with E-state index in [4.69, 9.17) is 15.6 Å². The van der Waals surface area contributed by atoms with Gasteiger partial charge < -0.3 is 20.9 Å². The molecule has 0 aliphatic carbocycles. The summed E-state index contributed by atoms with van der Waals surface area (Å²) in [6, 6.07) is -0.203. The van der Waals surface area contributed by atoms with Crippen LogP contribution in [-0.2, 0) is 14.3 Å². The lowest BCUT2D eigenvalue weighted by Gasteiger charge is -2.17. The second-order valence-corrected chi connectivity index (χ2v) is 4.56. The number of nitrogens with two attached hydrogens (primary N) is 1. The van der Waals surface area contributed by atoms with E-state index < -0.39 is 12.1 Å². The zero-order valence-electron chi connectivity index (χ0n) is 10.2. The van der Waals surface area contributed by atoms with Gasteiger partial charge in [0.15, 0.2) is 6.10 Å². The molecule has 1 saturated heterocycles. The summed E-state index contributed by atoms with van der Waals surface area (Å²) in [4.78, 5) is 22.2. The number of hydrogen-bond donors (Lipinski definition) is 3. The van der Waals surface area contributed by atoms with E-state index in [9.17, 15) is 9.59 Å². The van der Waals surface area contributed by atoms with E-state index in [1.807, 2.05) is 0 Å². The third-order valence-corrected chi connectivity index (χ3v) is 3.09. The summed E-state index contributed by atoms with van der Waals surface area (Å²) in [5, 5.41) is 11.5. The third kappa shape index (κ3) is 3.98. The molecular weight excluding hydrogens is 224 g/mol. The van der Waals surface area contributed by atoms with Crippen LogP contribution < -0.4 is 11.1 Å². The number of carbonyl (C=O) groups excluding carboxylic acids is 1. The molecule has 1 fully saturated rings. The Balaban J connectivity index is 2.28. The van der Waals surface area contributed by atoms with Crippen molar-refractivity contribution in [3.63, 3.8) is 0 Å². The van der Waals surface area contributed by atoms with Crippen LogP contribution >= 0.6 is 0 Å². The minimum absolute atomic E-state index is 0.123. The number of hydrogen-bond acceptors (Lipinski definition) is 4. The van der Waals surface area contributed by atoms with E-state index in [0.29, 0.717) is 19.4 Å². The lowest BCUT2D eigenvalue weighted by molar-refractivity contribution is -0.149. The molecule has 6 nitrogen and oxygen atoms in total. The molecule has 1 aliphatic rings. The van der Waals surface area contributed by atoms with E-state index in [1.165, 1.54) is 0 Å². The number of ether oxygens (including phenoxy) is 1. The van der Waals surface area contributed by atoms with Gasteiger partial charge >= 0.3 is 5.97 Å². The van der Waals surface area contributed by atoms with Crippen molar-refractivity contribution in [2.24, 2.45) is 11.7 Å². The van der Waals surface area contributed by atoms with Gasteiger partial charge in [0, 0.05) is 18.5 Å². The average Bonchev–Trinajstić information content (AvgIpc) is 2.73. The molecule has 98 valence electrons. The molecule has 1 heterocycles. The molecule has 1 amide bonds. The van der Waals surface area contributed by atoms with Crippen molar-refractivity contribution in [3.8, 4) is 0 Å². The third-order valence-electron chi connectivity index (χ3n) is 3.09. The monoisotopic (exact) mass is 244 g/mol. The van der Waals surface area contributed by atoms with Gasteiger partial charge in [0.2, 0.25) is 5.91 Å². The normalized spacial score (nSPS) is 27.5. The van der Waals surface area contributed by atoms with Crippen LogP contribution in [0.15, 0.2) is 0 Å². The SMILES string of the molecule is CC(N)C(C)C(=O)NCC1CCC(C(=O)O)O1. The number of amides is 1. The summed E-state index contributed by atoms with van der Waals surface area (Å²) in [5.74, 6) is -1.32. The summed E-state index contributed by atoms with van der Waals surface area (Å²) in [5.41, 5.74) is 5.61. The van der Waals surface area contributed by atoms with E-state index in [-0.39, 0.29) is 24.0 Å². The van der Waals surface area contributed by atoms with Crippen molar-refractivity contribution in [2.75, 3.05) is 6.54 Å². The number of carboxylic acid groups (broad SMARTS) is 1. The van der Waals surface area contributed by atoms with E-state index in [1.54, 1.807) is 13.8 Å². The first-order chi connectivity index (χ1) is 7.91. The predicted molar refractivity (Wildman–Crippen MR) is 61.4 cm³/mol. The van der Waals surface area contributed by atoms with Gasteiger partial charge in [-0.1, -0.05) is 6.92 Å². The van der Waals surface area contributed by atoms with Gasteiger partial charge in [-0.2, -0.15) is 0 Å². The summed E-state index contributed by atoms with van der Waals surface area (Å²) in [7, 11) is 0. The molecule has 4 atom stereocenters. The Bertz CT molecular complexity index is 293. The second kappa shape index (κ2) is 5.97. The number of carbonyl (C=O) groups is 2. The molecule has 0 aromatic rings. The number of aliphatic carboxylic acids is 1. The fourth-order valence-corrected chi connectivity index (χ4v) is 1.65. The van der Waals surface area contributed by atoms with Crippen molar-refractivity contribution in [1.29, 1.82) is 0 Å². The van der Waals surface area contributed by atoms with Crippen LogP contribution in [0, 0.1) is 5.92 Å². The van der Waals surface area contributed by atoms with Gasteiger partial charge in [-0.25, -0.2) is 4.79 Å². The number of rotatable bonds is 5. The largest absolute Gasteiger partial charge is 0.479 e. The van der Waals surface area contributed by atoms with Crippen LogP contribution in [0.1, 0.15) is 26.7 Å². The molecule has 1 rings (SSSR count). The van der Waals surface area contributed by atoms with Gasteiger partial charge in [-0.05, 0) is 19.8 Å². The van der Waals surface area contributed by atoms with Gasteiger partial charge in [-0.15, -0.1) is 0 Å². The van der Waals surface area contributed by atoms with Crippen LogP contribution in [0.2, 0.25) is 0 Å². The Hall–Kier alpha value is -1.14. The number of nitrogens with one attached hydrogen (secondary N) is 1. The summed E-state index contributed by atoms with van der Waals surface area (Å²) in [6.45, 7) is 3.88. The molecule has 4 N–H and O–H groups in total. The highest BCUT2D eigenvalue weighted by Gasteiger charge is 2.30. The molecular formula is C11H20N2O4. The quantitative estimate of drug-likeness (QED) is 0.617. The van der Waals surface area contributed by atoms with E-state index >= 15 is 0 Å². The van der Waals surface area contributed by atoms with Crippen LogP contribution in [0.4, 0.5) is 0 Å². The Labute approximate surface area is 101 Å². The Morgan fingerprint density at radius 2 is 2.12 bits per heavy atom. The van der Waals surface area contributed by atoms with Gasteiger partial charge in [0.1, 0.15) is 0 Å². The summed E-state index contributed by atoms with van der Waals surface area (Å²) < 4.78 is 5.27. The van der Waals surface area contributed by atoms with Crippen molar-refractivity contribution in [3.05, 3.63) is 0 Å². The molecule has 6 heteroatoms. The van der Waals surface area contributed by atoms with E-state index in [2.05, 4.69) is 5.32 Å². The molecule has 0 bridgehead atoms. The fraction of sp³-hybridized carbons (Fsp3) is 0.818. The standard InChI is InChI=1S/C11H20N2O4/c1-6(7(2)12)10(14)13-5-8-3-4-9(17-8)11(15)16/h6-9H,3-5,12H2,1-2H3,(H,13,14)(H,15,16). The van der Waals surface area contributed by atoms with Crippen molar-refractivity contribution >= 4 is 11.9 Å². The van der Waals surface area contributed by atoms with Crippen LogP contribution in [0.5, 0.6) is 0 Å². The molecule has 17 heavy (non-hydrogen) atoms. The fourth-order valence-electron chi connectivity index (χ4n) is 1.65. The first-order valence-electron chi connectivity index (χ1n) is 5.83. The highest BCUT2D eigenvalue weighted by Crippen LogP contribution is 2.19. The van der Waals surface area contributed by atoms with Crippen LogP contribution in [0.3, 0.4) is 0 Å². The first-order valence-corrected chi connectivity index (χ1v) is 5.83. The topological polar surface area (TPSA) is 102 Å². The molecule has 0 spiro atoms. The minimum Gasteiger partial charge on any atom is -0.479 e. The van der Waals surface area contributed by atoms with Crippen LogP contribution in [0.25, 0.3) is 0 Å². The average molecular weight is 244 g/mol. The Morgan fingerprint density at radius 1 is 1.47 bits per heavy atom. The lowest BCUT2D eigenvalue weighted by atomic mass is 10.0. The molecule has 1 aliphatic heterocycles. The zero-order chi connectivity index (χ0) is 13.0. The van der Waals surface area contributed by atoms with Gasteiger partial charge in [0.05, 0.1) is 6.10 Å². The lowest BCUT2D eigenvalue weighted by Crippen LogP contribution is -2.41. The van der Waals surface area contributed by atoms with Crippen LogP contribution in [-0.4, -0.2) is 41.8 Å². The smallest absolute Gasteiger partial charge is 0.332 e. The van der Waals surface area contributed by atoms with Gasteiger partial charge in [0.25, 0.3) is 0 Å². The van der Waals surface area contributed by atoms with E-state index in [0.717, 1.165) is 0 Å². The Kier molecular flexibility index (Phi) is 4.89. The Morgan fingerprint density at radius 3 is 2.59 bits per heavy atom. The maximum absolute atomic E-state index is 11.6. The summed E-state index contributed by atoms with van der Waals surface area (Å²) in [6.07, 6.45) is 0.214. The molecule has 0 aromatic heterocycles. The molecule has 0 radical (unpaired) electrons. The molecule has 4 unspecified atom stereocenters. The second-order valence-electron chi connectivity index (χ2n) is 4.56. The maximum Gasteiger partial charge on any atom is 0.332 e. The molecule has 0 saturated carbocycles. The summed E-state index contributed by atoms with van der Waals surface area (Å²) >= 11 is 0. The maximum atomic E-state index is 11.6. The predicted octanol–water partition coefficient (Wildman–Crippen LogP) is -0.282. The highest BCUT2D eigenvalue weighted by molar-refractivity contribution is 5.79. The van der Waals surface area contributed by atoms with Crippen molar-refractivity contribution in [1.82, 2.24) is 5.32 Å². The first kappa shape index (κ1) is 13.9. The van der Waals surface area contributed by atoms with Gasteiger partial charge in [-0.3, -0.25) is 4.79 Å².